The maximum atomic E-state index is 12.8. The molecule has 61 heavy (non-hydrogen) atoms. The van der Waals surface area contributed by atoms with Crippen molar-refractivity contribution in [2.45, 2.75) is 245 Å². The van der Waals surface area contributed by atoms with Crippen molar-refractivity contribution < 1.29 is 28.6 Å². The number of rotatable bonds is 45. The molecule has 0 saturated carbocycles. The van der Waals surface area contributed by atoms with E-state index in [1.807, 2.05) is 0 Å². The van der Waals surface area contributed by atoms with Crippen molar-refractivity contribution in [3.8, 4) is 0 Å². The standard InChI is InChI=1S/C55H94O6/c1-4-7-10-13-16-19-22-25-27-28-31-33-36-39-42-45-48-54(57)60-51-52(50-59-53(56)47-44-41-38-35-32-29-24-21-18-15-12-9-6-3)61-55(58)49-46-43-40-37-34-30-26-23-20-17-14-11-8-5-2/h7-8,10-11,16-17,19-20,25,27,29,32,52H,4-6,9,12-15,18,21-24,26,28,30-31,33-51H2,1-3H3/b10-7-,11-8-,19-16-,20-17-,27-25-,32-29-. The van der Waals surface area contributed by atoms with Crippen molar-refractivity contribution >= 4 is 17.9 Å². The maximum absolute atomic E-state index is 12.8. The van der Waals surface area contributed by atoms with Gasteiger partial charge in [0.15, 0.2) is 6.10 Å². The SMILES string of the molecule is CC/C=C\C/C=C\C/C=C\CCCCCCCCC(=O)OCC(COC(=O)CCCCC/C=C\CCCCCCCC)OC(=O)CCCCCCCCC/C=C\C/C=C\CC. The van der Waals surface area contributed by atoms with E-state index in [4.69, 9.17) is 14.2 Å². The summed E-state index contributed by atoms with van der Waals surface area (Å²) in [5, 5.41) is 0. The van der Waals surface area contributed by atoms with Crippen molar-refractivity contribution in [3.63, 3.8) is 0 Å². The molecule has 0 aliphatic rings. The first-order valence-corrected chi connectivity index (χ1v) is 25.4. The zero-order chi connectivity index (χ0) is 44.4. The average molecular weight is 851 g/mol. The van der Waals surface area contributed by atoms with Gasteiger partial charge in [-0.2, -0.15) is 0 Å². The fourth-order valence-corrected chi connectivity index (χ4v) is 6.90. The molecule has 0 aliphatic carbocycles. The molecule has 6 heteroatoms. The molecule has 0 aliphatic heterocycles. The summed E-state index contributed by atoms with van der Waals surface area (Å²) >= 11 is 0. The molecule has 0 bridgehead atoms. The van der Waals surface area contributed by atoms with Crippen LogP contribution < -0.4 is 0 Å². The van der Waals surface area contributed by atoms with Crippen LogP contribution in [0.4, 0.5) is 0 Å². The van der Waals surface area contributed by atoms with Crippen LogP contribution in [0.2, 0.25) is 0 Å². The Labute approximate surface area is 376 Å². The third-order valence-electron chi connectivity index (χ3n) is 10.7. The number of hydrogen-bond donors (Lipinski definition) is 0. The number of ether oxygens (including phenoxy) is 3. The van der Waals surface area contributed by atoms with E-state index in [1.54, 1.807) is 0 Å². The van der Waals surface area contributed by atoms with E-state index in [9.17, 15) is 14.4 Å². The zero-order valence-corrected chi connectivity index (χ0v) is 39.9. The van der Waals surface area contributed by atoms with Gasteiger partial charge in [-0.3, -0.25) is 14.4 Å². The molecule has 0 aromatic rings. The fourth-order valence-electron chi connectivity index (χ4n) is 6.90. The van der Waals surface area contributed by atoms with E-state index in [-0.39, 0.29) is 31.1 Å². The molecule has 0 aromatic heterocycles. The van der Waals surface area contributed by atoms with E-state index in [2.05, 4.69) is 93.7 Å². The second-order valence-electron chi connectivity index (χ2n) is 16.7. The Bertz CT molecular complexity index is 1160. The van der Waals surface area contributed by atoms with Crippen molar-refractivity contribution in [2.24, 2.45) is 0 Å². The van der Waals surface area contributed by atoms with Crippen LogP contribution >= 0.6 is 0 Å². The highest BCUT2D eigenvalue weighted by molar-refractivity contribution is 5.71. The Balaban J connectivity index is 4.43. The van der Waals surface area contributed by atoms with Crippen molar-refractivity contribution in [3.05, 3.63) is 72.9 Å². The summed E-state index contributed by atoms with van der Waals surface area (Å²) in [6.07, 6.45) is 61.7. The minimum absolute atomic E-state index is 0.0905. The van der Waals surface area contributed by atoms with Gasteiger partial charge in [-0.15, -0.1) is 0 Å². The van der Waals surface area contributed by atoms with E-state index in [1.165, 1.54) is 83.5 Å². The number of carbonyl (C=O) groups is 3. The lowest BCUT2D eigenvalue weighted by atomic mass is 10.1. The van der Waals surface area contributed by atoms with Gasteiger partial charge < -0.3 is 14.2 Å². The molecule has 0 radical (unpaired) electrons. The summed E-state index contributed by atoms with van der Waals surface area (Å²) in [6.45, 7) is 6.38. The van der Waals surface area contributed by atoms with Gasteiger partial charge in [0.1, 0.15) is 13.2 Å². The molecule has 0 heterocycles. The fraction of sp³-hybridized carbons (Fsp3) is 0.727. The van der Waals surface area contributed by atoms with Gasteiger partial charge in [0, 0.05) is 19.3 Å². The average Bonchev–Trinajstić information content (AvgIpc) is 3.26. The second-order valence-corrected chi connectivity index (χ2v) is 16.7. The van der Waals surface area contributed by atoms with Crippen LogP contribution in [0.5, 0.6) is 0 Å². The third kappa shape index (κ3) is 47.7. The first-order chi connectivity index (χ1) is 30.0. The minimum atomic E-state index is -0.790. The van der Waals surface area contributed by atoms with Crippen LogP contribution in [0, 0.1) is 0 Å². The first-order valence-electron chi connectivity index (χ1n) is 25.4. The van der Waals surface area contributed by atoms with Crippen LogP contribution in [0.15, 0.2) is 72.9 Å². The highest BCUT2D eigenvalue weighted by Gasteiger charge is 2.19. The predicted octanol–water partition coefficient (Wildman–Crippen LogP) is 16.6. The third-order valence-corrected chi connectivity index (χ3v) is 10.7. The Hall–Kier alpha value is -3.15. The van der Waals surface area contributed by atoms with E-state index in [0.29, 0.717) is 19.3 Å². The molecule has 0 saturated heterocycles. The summed E-state index contributed by atoms with van der Waals surface area (Å²) in [4.78, 5) is 37.9. The van der Waals surface area contributed by atoms with Crippen molar-refractivity contribution in [1.29, 1.82) is 0 Å². The molecule has 0 spiro atoms. The van der Waals surface area contributed by atoms with E-state index < -0.39 is 6.10 Å². The minimum Gasteiger partial charge on any atom is -0.462 e. The van der Waals surface area contributed by atoms with Gasteiger partial charge in [0.2, 0.25) is 0 Å². The summed E-state index contributed by atoms with van der Waals surface area (Å²) in [6, 6.07) is 0. The number of esters is 3. The predicted molar refractivity (Wildman–Crippen MR) is 261 cm³/mol. The number of allylic oxidation sites excluding steroid dienone is 12. The highest BCUT2D eigenvalue weighted by atomic mass is 16.6. The van der Waals surface area contributed by atoms with Gasteiger partial charge in [-0.05, 0) is 103 Å². The number of unbranched alkanes of at least 4 members (excludes halogenated alkanes) is 22. The molecular formula is C55H94O6. The van der Waals surface area contributed by atoms with E-state index in [0.717, 1.165) is 116 Å². The van der Waals surface area contributed by atoms with Gasteiger partial charge in [0.25, 0.3) is 0 Å². The monoisotopic (exact) mass is 851 g/mol. The van der Waals surface area contributed by atoms with Crippen LogP contribution in [-0.4, -0.2) is 37.2 Å². The Morgan fingerprint density at radius 2 is 0.639 bits per heavy atom. The van der Waals surface area contributed by atoms with Gasteiger partial charge in [-0.1, -0.05) is 190 Å². The Morgan fingerprint density at radius 1 is 0.344 bits per heavy atom. The molecule has 0 N–H and O–H groups in total. The lowest BCUT2D eigenvalue weighted by molar-refractivity contribution is -0.167. The summed E-state index contributed by atoms with van der Waals surface area (Å²) < 4.78 is 16.8. The second kappa shape index (κ2) is 49.5. The highest BCUT2D eigenvalue weighted by Crippen LogP contribution is 2.14. The molecule has 0 fully saturated rings. The van der Waals surface area contributed by atoms with E-state index >= 15 is 0 Å². The smallest absolute Gasteiger partial charge is 0.306 e. The van der Waals surface area contributed by atoms with Crippen molar-refractivity contribution in [1.82, 2.24) is 0 Å². The summed E-state index contributed by atoms with van der Waals surface area (Å²) in [7, 11) is 0. The van der Waals surface area contributed by atoms with Gasteiger partial charge >= 0.3 is 17.9 Å². The largest absolute Gasteiger partial charge is 0.462 e. The lowest BCUT2D eigenvalue weighted by Gasteiger charge is -2.18. The zero-order valence-electron chi connectivity index (χ0n) is 39.9. The molecule has 0 aromatic carbocycles. The normalized spacial score (nSPS) is 12.6. The summed E-state index contributed by atoms with van der Waals surface area (Å²) in [5.74, 6) is -0.926. The van der Waals surface area contributed by atoms with Gasteiger partial charge in [-0.25, -0.2) is 0 Å². The molecule has 0 amide bonds. The Kier molecular flexibility index (Phi) is 46.9. The quantitative estimate of drug-likeness (QED) is 0.0263. The molecule has 1 unspecified atom stereocenters. The van der Waals surface area contributed by atoms with Crippen LogP contribution in [0.1, 0.15) is 239 Å². The molecule has 1 atom stereocenters. The number of hydrogen-bond acceptors (Lipinski definition) is 6. The molecule has 6 nitrogen and oxygen atoms in total. The van der Waals surface area contributed by atoms with Crippen molar-refractivity contribution in [2.75, 3.05) is 13.2 Å². The summed E-state index contributed by atoms with van der Waals surface area (Å²) in [5.41, 5.74) is 0. The molecule has 350 valence electrons. The lowest BCUT2D eigenvalue weighted by Crippen LogP contribution is -2.30. The van der Waals surface area contributed by atoms with Gasteiger partial charge in [0.05, 0.1) is 0 Å². The Morgan fingerprint density at radius 3 is 1.03 bits per heavy atom. The molecular weight excluding hydrogens is 757 g/mol. The van der Waals surface area contributed by atoms with Crippen LogP contribution in [-0.2, 0) is 28.6 Å². The van der Waals surface area contributed by atoms with Crippen LogP contribution in [0.3, 0.4) is 0 Å². The molecule has 0 rings (SSSR count). The topological polar surface area (TPSA) is 78.9 Å². The van der Waals surface area contributed by atoms with Crippen LogP contribution in [0.25, 0.3) is 0 Å². The maximum Gasteiger partial charge on any atom is 0.306 e. The number of carbonyl (C=O) groups excluding carboxylic acids is 3. The first kappa shape index (κ1) is 57.9.